The lowest BCUT2D eigenvalue weighted by molar-refractivity contribution is -0.939. The molecule has 1 atom stereocenters. The number of halogens is 1. The van der Waals surface area contributed by atoms with Crippen LogP contribution in [0.3, 0.4) is 0 Å². The molecular weight excluding hydrogens is 498 g/mol. The van der Waals surface area contributed by atoms with E-state index in [9.17, 15) is 14.7 Å². The van der Waals surface area contributed by atoms with Gasteiger partial charge in [-0.3, -0.25) is 4.79 Å². The van der Waals surface area contributed by atoms with E-state index in [4.69, 9.17) is 18.1 Å². The maximum Gasteiger partial charge on any atom is 0.348 e. The molecule has 0 aromatic carbocycles. The average Bonchev–Trinajstić information content (AvgIpc) is 3.57. The molecule has 3 aromatic rings. The van der Waals surface area contributed by atoms with Crippen LogP contribution in [-0.4, -0.2) is 58.9 Å². The standard InChI is InChI=1S/C22H23N3O7.BrH/c26-20(23-19-5-10-31-24-19)12-25-6-1-15(2-7-25)18(11-25)32-21(27)22(28,16-3-8-29-13-16)17-4-9-30-14-17;/h3-5,8-10,13-15,18,28H,1-2,6-7,11-12H2;1H/t15?,18-,25?;/m0./s1. The van der Waals surface area contributed by atoms with Gasteiger partial charge in [0, 0.05) is 36.0 Å². The molecule has 176 valence electrons. The number of ether oxygens (including phenoxy) is 1. The summed E-state index contributed by atoms with van der Waals surface area (Å²) in [6.45, 7) is 2.42. The maximum atomic E-state index is 13.3. The minimum Gasteiger partial charge on any atom is -1.00 e. The van der Waals surface area contributed by atoms with E-state index >= 15 is 0 Å². The zero-order valence-corrected chi connectivity index (χ0v) is 19.3. The third-order valence-corrected chi connectivity index (χ3v) is 6.66. The number of furan rings is 2. The van der Waals surface area contributed by atoms with E-state index < -0.39 is 17.7 Å². The van der Waals surface area contributed by atoms with Crippen LogP contribution in [0.25, 0.3) is 0 Å². The Kier molecular flexibility index (Phi) is 6.46. The van der Waals surface area contributed by atoms with Gasteiger partial charge in [0.2, 0.25) is 5.60 Å². The summed E-state index contributed by atoms with van der Waals surface area (Å²) < 4.78 is 21.4. The number of nitrogens with one attached hydrogen (secondary N) is 1. The molecule has 3 saturated heterocycles. The molecule has 33 heavy (non-hydrogen) atoms. The first-order valence-electron chi connectivity index (χ1n) is 10.5. The van der Waals surface area contributed by atoms with Crippen molar-refractivity contribution in [3.05, 3.63) is 60.6 Å². The molecule has 3 fully saturated rings. The number of anilines is 1. The van der Waals surface area contributed by atoms with Crippen molar-refractivity contribution >= 4 is 17.7 Å². The van der Waals surface area contributed by atoms with Crippen LogP contribution in [0.5, 0.6) is 0 Å². The second-order valence-corrected chi connectivity index (χ2v) is 8.58. The SMILES string of the molecule is O=C(C[N+]12CCC(CC1)[C@@H](OC(=O)C(O)(c1ccoc1)c1ccoc1)C2)Nc1ccon1.[Br-]. The van der Waals surface area contributed by atoms with Crippen molar-refractivity contribution in [2.24, 2.45) is 5.92 Å². The highest BCUT2D eigenvalue weighted by atomic mass is 79.9. The van der Waals surface area contributed by atoms with Crippen LogP contribution in [0.1, 0.15) is 24.0 Å². The fourth-order valence-electron chi connectivity index (χ4n) is 4.91. The first-order valence-corrected chi connectivity index (χ1v) is 10.5. The number of carbonyl (C=O) groups excluding carboxylic acids is 2. The third-order valence-electron chi connectivity index (χ3n) is 6.66. The lowest BCUT2D eigenvalue weighted by atomic mass is 9.82. The van der Waals surface area contributed by atoms with E-state index in [1.54, 1.807) is 6.07 Å². The number of rotatable bonds is 7. The fourth-order valence-corrected chi connectivity index (χ4v) is 4.91. The highest BCUT2D eigenvalue weighted by Crippen LogP contribution is 2.38. The molecular formula is C22H24BrN3O7. The Morgan fingerprint density at radius 3 is 2.33 bits per heavy atom. The second kappa shape index (κ2) is 9.16. The van der Waals surface area contributed by atoms with Crippen LogP contribution in [-0.2, 0) is 19.9 Å². The van der Waals surface area contributed by atoms with E-state index in [1.165, 1.54) is 43.4 Å². The number of amides is 1. The quantitative estimate of drug-likeness (QED) is 0.296. The Morgan fingerprint density at radius 2 is 1.79 bits per heavy atom. The van der Waals surface area contributed by atoms with Crippen LogP contribution >= 0.6 is 0 Å². The lowest BCUT2D eigenvalue weighted by Crippen LogP contribution is -3.00. The number of aromatic nitrogens is 1. The number of quaternary nitrogens is 1. The van der Waals surface area contributed by atoms with Crippen LogP contribution in [0.2, 0.25) is 0 Å². The third kappa shape index (κ3) is 4.35. The molecule has 0 spiro atoms. The second-order valence-electron chi connectivity index (χ2n) is 8.58. The molecule has 0 saturated carbocycles. The van der Waals surface area contributed by atoms with Crippen LogP contribution in [0.4, 0.5) is 5.82 Å². The highest BCUT2D eigenvalue weighted by molar-refractivity contribution is 5.90. The Bertz CT molecular complexity index is 1020. The monoisotopic (exact) mass is 521 g/mol. The summed E-state index contributed by atoms with van der Waals surface area (Å²) in [7, 11) is 0. The van der Waals surface area contributed by atoms with Gasteiger partial charge in [-0.2, -0.15) is 0 Å². The highest BCUT2D eigenvalue weighted by Gasteiger charge is 2.51. The van der Waals surface area contributed by atoms with Crippen molar-refractivity contribution in [3.63, 3.8) is 0 Å². The number of hydrogen-bond acceptors (Lipinski definition) is 8. The molecule has 2 bridgehead atoms. The number of carbonyl (C=O) groups is 2. The van der Waals surface area contributed by atoms with Gasteiger partial charge in [-0.25, -0.2) is 4.79 Å². The van der Waals surface area contributed by atoms with Gasteiger partial charge in [0.05, 0.1) is 38.1 Å². The minimum atomic E-state index is -2.04. The molecule has 3 aliphatic heterocycles. The topological polar surface area (TPSA) is 128 Å². The number of nitrogens with zero attached hydrogens (tertiary/aromatic N) is 2. The van der Waals surface area contributed by atoms with Gasteiger partial charge in [0.25, 0.3) is 5.91 Å². The van der Waals surface area contributed by atoms with Crippen molar-refractivity contribution in [2.45, 2.75) is 24.5 Å². The van der Waals surface area contributed by atoms with Crippen molar-refractivity contribution in [1.82, 2.24) is 5.16 Å². The summed E-state index contributed by atoms with van der Waals surface area (Å²) >= 11 is 0. The van der Waals surface area contributed by atoms with Gasteiger partial charge in [-0.05, 0) is 12.1 Å². The van der Waals surface area contributed by atoms with Crippen LogP contribution < -0.4 is 22.3 Å². The van der Waals surface area contributed by atoms with E-state index in [1.807, 2.05) is 0 Å². The van der Waals surface area contributed by atoms with Crippen molar-refractivity contribution < 1.29 is 54.3 Å². The first kappa shape index (κ1) is 23.3. The zero-order chi connectivity index (χ0) is 22.2. The van der Waals surface area contributed by atoms with Gasteiger partial charge >= 0.3 is 5.97 Å². The molecule has 3 aliphatic rings. The fraction of sp³-hybridized carbons (Fsp3) is 0.409. The Hall–Kier alpha value is -2.89. The van der Waals surface area contributed by atoms with Gasteiger partial charge in [-0.1, -0.05) is 5.16 Å². The summed E-state index contributed by atoms with van der Waals surface area (Å²) in [4.78, 5) is 25.9. The molecule has 0 aliphatic carbocycles. The van der Waals surface area contributed by atoms with Gasteiger partial charge in [0.1, 0.15) is 12.8 Å². The molecule has 0 radical (unpaired) electrons. The van der Waals surface area contributed by atoms with Crippen molar-refractivity contribution in [1.29, 1.82) is 0 Å². The number of fused-ring (bicyclic) bond motifs is 3. The lowest BCUT2D eigenvalue weighted by Gasteiger charge is -2.51. The molecule has 1 amide bonds. The molecule has 6 rings (SSSR count). The number of piperidine rings is 3. The minimum absolute atomic E-state index is 0. The van der Waals surface area contributed by atoms with Gasteiger partial charge in [-0.15, -0.1) is 0 Å². The maximum absolute atomic E-state index is 13.3. The van der Waals surface area contributed by atoms with E-state index in [-0.39, 0.29) is 46.5 Å². The Balaban J connectivity index is 0.00000259. The van der Waals surface area contributed by atoms with E-state index in [2.05, 4.69) is 10.5 Å². The zero-order valence-electron chi connectivity index (χ0n) is 17.7. The largest absolute Gasteiger partial charge is 1.00 e. The molecule has 6 heterocycles. The Labute approximate surface area is 199 Å². The molecule has 11 heteroatoms. The summed E-state index contributed by atoms with van der Waals surface area (Å²) in [5.74, 6) is -0.397. The molecule has 10 nitrogen and oxygen atoms in total. The van der Waals surface area contributed by atoms with Crippen molar-refractivity contribution in [2.75, 3.05) is 31.5 Å². The number of esters is 1. The normalized spacial score (nSPS) is 24.2. The average molecular weight is 522 g/mol. The van der Waals surface area contributed by atoms with Gasteiger partial charge < -0.3 is 50.0 Å². The summed E-state index contributed by atoms with van der Waals surface area (Å²) in [5, 5.41) is 17.8. The van der Waals surface area contributed by atoms with Crippen LogP contribution in [0.15, 0.2) is 62.9 Å². The molecule has 3 aromatic heterocycles. The van der Waals surface area contributed by atoms with E-state index in [0.29, 0.717) is 16.8 Å². The molecule has 2 N–H and O–H groups in total. The summed E-state index contributed by atoms with van der Waals surface area (Å²) in [6, 6.07) is 4.62. The van der Waals surface area contributed by atoms with Crippen LogP contribution in [0, 0.1) is 5.92 Å². The predicted octanol–water partition coefficient (Wildman–Crippen LogP) is -1.11. The molecule has 0 unspecified atom stereocenters. The van der Waals surface area contributed by atoms with Crippen molar-refractivity contribution in [3.8, 4) is 0 Å². The van der Waals surface area contributed by atoms with Gasteiger partial charge in [0.15, 0.2) is 18.5 Å². The summed E-state index contributed by atoms with van der Waals surface area (Å²) in [6.07, 6.45) is 8.06. The number of aliphatic hydroxyl groups is 1. The number of hydrogen-bond donors (Lipinski definition) is 2. The van der Waals surface area contributed by atoms with E-state index in [0.717, 1.165) is 25.9 Å². The predicted molar refractivity (Wildman–Crippen MR) is 108 cm³/mol. The summed E-state index contributed by atoms with van der Waals surface area (Å²) in [5.41, 5.74) is -1.51. The Morgan fingerprint density at radius 1 is 1.12 bits per heavy atom. The first-order chi connectivity index (χ1) is 15.5. The smallest absolute Gasteiger partial charge is 0.348 e.